The minimum atomic E-state index is -0.873. The van der Waals surface area contributed by atoms with Crippen molar-refractivity contribution in [2.45, 2.75) is 74.8 Å². The Balaban J connectivity index is 1.42. The second-order valence-electron chi connectivity index (χ2n) is 13.7. The van der Waals surface area contributed by atoms with E-state index in [9.17, 15) is 14.7 Å². The van der Waals surface area contributed by atoms with Gasteiger partial charge in [0.1, 0.15) is 18.2 Å². The van der Waals surface area contributed by atoms with E-state index in [1.807, 2.05) is 68.4 Å². The number of hydrogen-bond donors (Lipinski definition) is 1. The molecule has 1 N–H and O–H groups in total. The van der Waals surface area contributed by atoms with Crippen molar-refractivity contribution >= 4 is 40.5 Å². The van der Waals surface area contributed by atoms with Crippen LogP contribution >= 0.6 is 11.8 Å². The summed E-state index contributed by atoms with van der Waals surface area (Å²) in [6, 6.07) is 15.9. The number of fused-ring (bicyclic) bond motifs is 2. The monoisotopic (exact) mass is 670 g/mol. The van der Waals surface area contributed by atoms with Gasteiger partial charge in [-0.3, -0.25) is 14.4 Å². The first-order valence-electron chi connectivity index (χ1n) is 16.9. The number of amides is 3. The second kappa shape index (κ2) is 13.5. The molecule has 3 saturated heterocycles. The lowest BCUT2D eigenvalue weighted by Gasteiger charge is -2.41. The van der Waals surface area contributed by atoms with Gasteiger partial charge in [-0.25, -0.2) is 4.68 Å². The molecule has 6 rings (SSSR count). The predicted molar refractivity (Wildman–Crippen MR) is 187 cm³/mol. The van der Waals surface area contributed by atoms with Crippen LogP contribution in [-0.4, -0.2) is 93.8 Å². The first-order chi connectivity index (χ1) is 23.1. The van der Waals surface area contributed by atoms with Crippen LogP contribution in [0.4, 0.5) is 0 Å². The molecule has 1 aromatic heterocycles. The molecule has 0 aliphatic carbocycles. The number of aliphatic hydroxyl groups is 1. The van der Waals surface area contributed by atoms with E-state index in [1.54, 1.807) is 43.3 Å². The molecule has 0 saturated carbocycles. The molecule has 3 amide bonds. The highest BCUT2D eigenvalue weighted by atomic mass is 32.2. The van der Waals surface area contributed by atoms with Gasteiger partial charge in [0.2, 0.25) is 17.7 Å². The Morgan fingerprint density at radius 2 is 1.75 bits per heavy atom. The van der Waals surface area contributed by atoms with Gasteiger partial charge in [-0.15, -0.1) is 30.0 Å². The summed E-state index contributed by atoms with van der Waals surface area (Å²) in [5, 5.41) is 19.4. The van der Waals surface area contributed by atoms with Crippen LogP contribution in [-0.2, 0) is 27.6 Å². The molecule has 254 valence electrons. The molecule has 3 fully saturated rings. The summed E-state index contributed by atoms with van der Waals surface area (Å²) in [7, 11) is 0. The zero-order valence-electron chi connectivity index (χ0n) is 28.1. The number of aliphatic hydroxyl groups excluding tert-OH is 1. The first kappa shape index (κ1) is 33.9. The van der Waals surface area contributed by atoms with Crippen molar-refractivity contribution < 1.29 is 19.5 Å². The van der Waals surface area contributed by atoms with E-state index in [1.165, 1.54) is 0 Å². The zero-order chi connectivity index (χ0) is 34.2. The van der Waals surface area contributed by atoms with Crippen LogP contribution in [0.15, 0.2) is 79.9 Å². The van der Waals surface area contributed by atoms with Crippen molar-refractivity contribution in [3.05, 3.63) is 85.5 Å². The van der Waals surface area contributed by atoms with E-state index in [-0.39, 0.29) is 43.5 Å². The van der Waals surface area contributed by atoms with Gasteiger partial charge in [0, 0.05) is 24.4 Å². The van der Waals surface area contributed by atoms with Crippen LogP contribution < -0.4 is 0 Å². The van der Waals surface area contributed by atoms with Gasteiger partial charge in [-0.1, -0.05) is 80.1 Å². The fourth-order valence-electron chi connectivity index (χ4n) is 8.31. The van der Waals surface area contributed by atoms with Gasteiger partial charge in [0.25, 0.3) is 0 Å². The summed E-state index contributed by atoms with van der Waals surface area (Å²) in [4.78, 5) is 49.9. The number of aromatic nitrogens is 3. The second-order valence-corrected chi connectivity index (χ2v) is 15.6. The maximum absolute atomic E-state index is 15.1. The Kier molecular flexibility index (Phi) is 9.55. The molecule has 7 atom stereocenters. The Morgan fingerprint density at radius 3 is 2.44 bits per heavy atom. The Hall–Kier alpha value is -3.96. The third-order valence-electron chi connectivity index (χ3n) is 10.8. The van der Waals surface area contributed by atoms with Crippen molar-refractivity contribution in [1.29, 1.82) is 0 Å². The summed E-state index contributed by atoms with van der Waals surface area (Å²) in [6.07, 6.45) is 5.43. The largest absolute Gasteiger partial charge is 0.394 e. The van der Waals surface area contributed by atoms with E-state index in [0.717, 1.165) is 16.6 Å². The van der Waals surface area contributed by atoms with E-state index < -0.39 is 33.4 Å². The molecule has 2 bridgehead atoms. The molecule has 2 aromatic carbocycles. The third kappa shape index (κ3) is 5.54. The number of benzene rings is 2. The predicted octanol–water partition coefficient (Wildman–Crippen LogP) is 4.51. The van der Waals surface area contributed by atoms with Gasteiger partial charge >= 0.3 is 0 Å². The lowest BCUT2D eigenvalue weighted by molar-refractivity contribution is -0.149. The normalized spacial score (nSPS) is 27.1. The number of nitrogens with zero attached hydrogens (tertiary/aromatic N) is 6. The van der Waals surface area contributed by atoms with Gasteiger partial charge in [0.15, 0.2) is 0 Å². The molecule has 1 spiro atoms. The molecule has 2 unspecified atom stereocenters. The number of carbonyl (C=O) groups is 3. The molecule has 3 aliphatic rings. The minimum Gasteiger partial charge on any atom is -0.394 e. The van der Waals surface area contributed by atoms with Crippen LogP contribution in [0.3, 0.4) is 0 Å². The number of hydrogen-bond acceptors (Lipinski definition) is 7. The Labute approximate surface area is 286 Å². The lowest BCUT2D eigenvalue weighted by atomic mass is 9.66. The van der Waals surface area contributed by atoms with Gasteiger partial charge in [0.05, 0.1) is 34.7 Å². The highest BCUT2D eigenvalue weighted by molar-refractivity contribution is 8.02. The lowest BCUT2D eigenvalue weighted by Crippen LogP contribution is -2.58. The van der Waals surface area contributed by atoms with E-state index in [4.69, 9.17) is 0 Å². The molecule has 48 heavy (non-hydrogen) atoms. The van der Waals surface area contributed by atoms with Crippen molar-refractivity contribution in [3.63, 3.8) is 0 Å². The molecule has 0 radical (unpaired) electrons. The quantitative estimate of drug-likeness (QED) is 0.252. The van der Waals surface area contributed by atoms with Crippen molar-refractivity contribution in [2.75, 3.05) is 19.7 Å². The summed E-state index contributed by atoms with van der Waals surface area (Å²) < 4.78 is 0.323. The molecular weight excluding hydrogens is 625 g/mol. The Bertz CT molecular complexity index is 1700. The molecule has 3 aromatic rings. The van der Waals surface area contributed by atoms with E-state index in [0.29, 0.717) is 32.4 Å². The topological polar surface area (TPSA) is 112 Å². The van der Waals surface area contributed by atoms with Gasteiger partial charge < -0.3 is 19.8 Å². The number of rotatable bonds is 14. The molecule has 4 heterocycles. The van der Waals surface area contributed by atoms with Crippen molar-refractivity contribution in [2.24, 2.45) is 17.8 Å². The third-order valence-corrected chi connectivity index (χ3v) is 12.8. The van der Waals surface area contributed by atoms with Crippen LogP contribution in [0, 0.1) is 17.8 Å². The molecule has 11 heteroatoms. The number of thioether (sulfide) groups is 1. The first-order valence-corrected chi connectivity index (χ1v) is 17.7. The van der Waals surface area contributed by atoms with Crippen LogP contribution in [0.2, 0.25) is 0 Å². The maximum Gasteiger partial charge on any atom is 0.248 e. The molecule has 3 aliphatic heterocycles. The fraction of sp³-hybridized carbons (Fsp3) is 0.486. The zero-order valence-corrected chi connectivity index (χ0v) is 28.9. The van der Waals surface area contributed by atoms with Gasteiger partial charge in [-0.05, 0) is 43.4 Å². The average molecular weight is 671 g/mol. The average Bonchev–Trinajstić information content (AvgIpc) is 3.80. The number of likely N-dealkylation sites (tertiary alicyclic amines) is 1. The maximum atomic E-state index is 15.1. The van der Waals surface area contributed by atoms with Crippen LogP contribution in [0.5, 0.6) is 0 Å². The van der Waals surface area contributed by atoms with Gasteiger partial charge in [-0.2, -0.15) is 0 Å². The highest BCUT2D eigenvalue weighted by Gasteiger charge is 2.78. The number of para-hydroxylation sites is 1. The minimum absolute atomic E-state index is 0.0705. The highest BCUT2D eigenvalue weighted by Crippen LogP contribution is 2.72. The molecular formula is C37H46N6O4S. The van der Waals surface area contributed by atoms with Crippen molar-refractivity contribution in [3.8, 4) is 0 Å². The van der Waals surface area contributed by atoms with Crippen LogP contribution in [0.1, 0.15) is 45.6 Å². The smallest absolute Gasteiger partial charge is 0.248 e. The summed E-state index contributed by atoms with van der Waals surface area (Å²) in [5.74, 6) is -1.95. The van der Waals surface area contributed by atoms with E-state index >= 15 is 4.79 Å². The van der Waals surface area contributed by atoms with E-state index in [2.05, 4.69) is 30.4 Å². The SMILES string of the molecule is C=CCN(Cn1nnc2ccccc21)C(=O)C1N([C@@H](CO)[C@@H](C)CC)C(=O)[C@@H]2[C@H](C(=O)N(CC=C)Cc3ccccc3)[C@]3(C)CCC12S3. The summed E-state index contributed by atoms with van der Waals surface area (Å²) >= 11 is 1.64. The fourth-order valence-corrected chi connectivity index (χ4v) is 10.6. The Morgan fingerprint density at radius 1 is 1.06 bits per heavy atom. The summed E-state index contributed by atoms with van der Waals surface area (Å²) in [5.41, 5.74) is 2.50. The molecule has 10 nitrogen and oxygen atoms in total. The summed E-state index contributed by atoms with van der Waals surface area (Å²) in [6.45, 7) is 14.8. The standard InChI is InChI=1S/C37H46N6O4S/c1-6-20-40(22-26-14-10-9-11-15-26)33(45)30-31-34(46)43(29(23-44)25(4)8-3)32(37(31)19-18-36(30,5)48-37)35(47)41(21-7-2)24-42-28-17-13-12-16-27(28)38-39-42/h6-7,9-17,25,29-32,44H,1-2,8,18-24H2,3-5H3/t25-,29-,30+,31-,32?,36-,37?/m0/s1. The number of carbonyl (C=O) groups excluding carboxylic acids is 3. The van der Waals surface area contributed by atoms with Crippen molar-refractivity contribution in [1.82, 2.24) is 29.7 Å². The van der Waals surface area contributed by atoms with Crippen LogP contribution in [0.25, 0.3) is 11.0 Å².